The van der Waals surface area contributed by atoms with E-state index in [-0.39, 0.29) is 0 Å². The van der Waals surface area contributed by atoms with Crippen molar-refractivity contribution < 1.29 is 0 Å². The molecule has 2 heterocycles. The zero-order chi connectivity index (χ0) is 8.84. The molecule has 4 nitrogen and oxygen atoms in total. The summed E-state index contributed by atoms with van der Waals surface area (Å²) in [5.74, 6) is 1.24. The van der Waals surface area contributed by atoms with Crippen LogP contribution >= 0.6 is 11.6 Å². The van der Waals surface area contributed by atoms with Crippen molar-refractivity contribution in [3.8, 4) is 0 Å². The summed E-state index contributed by atoms with van der Waals surface area (Å²) in [5, 5.41) is 7.92. The third-order valence-corrected chi connectivity index (χ3v) is 2.55. The van der Waals surface area contributed by atoms with Crippen LogP contribution in [0.1, 0.15) is 24.3 Å². The van der Waals surface area contributed by atoms with Crippen LogP contribution in [-0.4, -0.2) is 19.6 Å². The Balaban J connectivity index is 2.24. The second-order valence-electron chi connectivity index (χ2n) is 3.30. The van der Waals surface area contributed by atoms with Crippen LogP contribution in [0.15, 0.2) is 12.4 Å². The maximum atomic E-state index is 5.82. The van der Waals surface area contributed by atoms with Gasteiger partial charge >= 0.3 is 0 Å². The number of hydrogen-bond donors (Lipinski definition) is 0. The van der Waals surface area contributed by atoms with E-state index >= 15 is 0 Å². The molecule has 0 aliphatic heterocycles. The summed E-state index contributed by atoms with van der Waals surface area (Å²) < 4.78 is 1.72. The van der Waals surface area contributed by atoms with E-state index in [1.807, 2.05) is 12.4 Å². The summed E-state index contributed by atoms with van der Waals surface area (Å²) in [4.78, 5) is 4.17. The summed E-state index contributed by atoms with van der Waals surface area (Å²) >= 11 is 5.82. The van der Waals surface area contributed by atoms with Gasteiger partial charge in [0, 0.05) is 12.4 Å². The van der Waals surface area contributed by atoms with E-state index in [0.717, 1.165) is 0 Å². The number of halogens is 1. The minimum atomic E-state index is 0.380. The monoisotopic (exact) mass is 194 g/mol. The number of aromatic nitrogens is 4. The van der Waals surface area contributed by atoms with E-state index < -0.39 is 0 Å². The molecule has 1 aliphatic carbocycles. The summed E-state index contributed by atoms with van der Waals surface area (Å²) in [6, 6.07) is 0. The van der Waals surface area contributed by atoms with Crippen molar-refractivity contribution in [2.24, 2.45) is 0 Å². The van der Waals surface area contributed by atoms with Gasteiger partial charge in [-0.3, -0.25) is 4.40 Å². The van der Waals surface area contributed by atoms with Crippen molar-refractivity contribution in [3.05, 3.63) is 23.2 Å². The first kappa shape index (κ1) is 7.26. The van der Waals surface area contributed by atoms with Gasteiger partial charge in [0.05, 0.1) is 0 Å². The SMILES string of the molecule is Clc1nnc2ncc(C3CC3)cn12. The third kappa shape index (κ3) is 1.09. The number of hydrogen-bond acceptors (Lipinski definition) is 3. The maximum absolute atomic E-state index is 5.82. The molecule has 0 aromatic carbocycles. The van der Waals surface area contributed by atoms with Gasteiger partial charge in [-0.2, -0.15) is 0 Å². The molecule has 1 saturated carbocycles. The molecule has 1 aliphatic rings. The van der Waals surface area contributed by atoms with Gasteiger partial charge in [-0.15, -0.1) is 10.2 Å². The Morgan fingerprint density at radius 3 is 3.00 bits per heavy atom. The molecule has 5 heteroatoms. The third-order valence-electron chi connectivity index (χ3n) is 2.29. The highest BCUT2D eigenvalue weighted by Gasteiger charge is 2.24. The van der Waals surface area contributed by atoms with E-state index in [1.54, 1.807) is 4.40 Å². The van der Waals surface area contributed by atoms with Gasteiger partial charge < -0.3 is 0 Å². The molecule has 0 amide bonds. The second kappa shape index (κ2) is 2.42. The van der Waals surface area contributed by atoms with E-state index in [2.05, 4.69) is 15.2 Å². The topological polar surface area (TPSA) is 43.1 Å². The van der Waals surface area contributed by atoms with Gasteiger partial charge in [0.1, 0.15) is 0 Å². The molecule has 0 atom stereocenters. The van der Waals surface area contributed by atoms with Crippen LogP contribution in [0.25, 0.3) is 5.78 Å². The lowest BCUT2D eigenvalue weighted by Crippen LogP contribution is -1.91. The lowest BCUT2D eigenvalue weighted by atomic mass is 10.2. The van der Waals surface area contributed by atoms with E-state index in [9.17, 15) is 0 Å². The number of fused-ring (bicyclic) bond motifs is 1. The average Bonchev–Trinajstić information content (AvgIpc) is 2.93. The normalized spacial score (nSPS) is 16.7. The van der Waals surface area contributed by atoms with Crippen molar-refractivity contribution in [1.29, 1.82) is 0 Å². The molecule has 2 aromatic rings. The van der Waals surface area contributed by atoms with E-state index in [4.69, 9.17) is 11.6 Å². The van der Waals surface area contributed by atoms with Gasteiger partial charge in [0.15, 0.2) is 0 Å². The Kier molecular flexibility index (Phi) is 1.35. The predicted molar refractivity (Wildman–Crippen MR) is 47.8 cm³/mol. The number of rotatable bonds is 1. The molecular weight excluding hydrogens is 188 g/mol. The predicted octanol–water partition coefficient (Wildman–Crippen LogP) is 1.66. The fourth-order valence-corrected chi connectivity index (χ4v) is 1.57. The maximum Gasteiger partial charge on any atom is 0.255 e. The van der Waals surface area contributed by atoms with Crippen molar-refractivity contribution in [1.82, 2.24) is 19.6 Å². The lowest BCUT2D eigenvalue weighted by molar-refractivity contribution is 1.01. The summed E-state index contributed by atoms with van der Waals surface area (Å²) in [7, 11) is 0. The molecule has 3 rings (SSSR count). The van der Waals surface area contributed by atoms with Gasteiger partial charge in [-0.05, 0) is 35.9 Å². The summed E-state index contributed by atoms with van der Waals surface area (Å²) in [6.07, 6.45) is 6.35. The van der Waals surface area contributed by atoms with Crippen molar-refractivity contribution in [3.63, 3.8) is 0 Å². The Hall–Kier alpha value is -1.16. The Morgan fingerprint density at radius 2 is 2.23 bits per heavy atom. The van der Waals surface area contributed by atoms with E-state index in [1.165, 1.54) is 18.4 Å². The zero-order valence-electron chi connectivity index (χ0n) is 6.81. The molecule has 0 radical (unpaired) electrons. The Morgan fingerprint density at radius 1 is 1.38 bits per heavy atom. The molecule has 66 valence electrons. The van der Waals surface area contributed by atoms with Crippen LogP contribution in [0.5, 0.6) is 0 Å². The Bertz CT molecular complexity index is 460. The molecule has 0 N–H and O–H groups in total. The van der Waals surface area contributed by atoms with Crippen LogP contribution < -0.4 is 0 Å². The first-order valence-corrected chi connectivity index (χ1v) is 4.58. The average molecular weight is 195 g/mol. The largest absolute Gasteiger partial charge is 0.257 e. The quantitative estimate of drug-likeness (QED) is 0.694. The van der Waals surface area contributed by atoms with Crippen LogP contribution in [-0.2, 0) is 0 Å². The standard InChI is InChI=1S/C8H7ClN4/c9-7-11-12-8-10-3-6(4-13(7)8)5-1-2-5/h3-5H,1-2H2. The van der Waals surface area contributed by atoms with E-state index in [0.29, 0.717) is 17.0 Å². The first-order valence-electron chi connectivity index (χ1n) is 4.21. The van der Waals surface area contributed by atoms with Crippen molar-refractivity contribution in [2.75, 3.05) is 0 Å². The van der Waals surface area contributed by atoms with Crippen LogP contribution in [0, 0.1) is 0 Å². The smallest absolute Gasteiger partial charge is 0.255 e. The summed E-state index contributed by atoms with van der Waals surface area (Å²) in [6.45, 7) is 0. The van der Waals surface area contributed by atoms with Crippen LogP contribution in [0.4, 0.5) is 0 Å². The van der Waals surface area contributed by atoms with Gasteiger partial charge in [-0.25, -0.2) is 4.98 Å². The highest BCUT2D eigenvalue weighted by molar-refractivity contribution is 6.28. The summed E-state index contributed by atoms with van der Waals surface area (Å²) in [5.41, 5.74) is 1.23. The molecule has 2 aromatic heterocycles. The second-order valence-corrected chi connectivity index (χ2v) is 3.64. The lowest BCUT2D eigenvalue weighted by Gasteiger charge is -1.97. The fourth-order valence-electron chi connectivity index (χ4n) is 1.41. The molecule has 0 bridgehead atoms. The van der Waals surface area contributed by atoms with Gasteiger partial charge in [-0.1, -0.05) is 0 Å². The van der Waals surface area contributed by atoms with Crippen molar-refractivity contribution >= 4 is 17.4 Å². The minimum Gasteiger partial charge on any atom is -0.257 e. The van der Waals surface area contributed by atoms with Gasteiger partial charge in [0.2, 0.25) is 5.28 Å². The van der Waals surface area contributed by atoms with Crippen LogP contribution in [0.2, 0.25) is 5.28 Å². The minimum absolute atomic E-state index is 0.380. The molecule has 0 saturated heterocycles. The highest BCUT2D eigenvalue weighted by atomic mass is 35.5. The van der Waals surface area contributed by atoms with Gasteiger partial charge in [0.25, 0.3) is 5.78 Å². The zero-order valence-corrected chi connectivity index (χ0v) is 7.57. The highest BCUT2D eigenvalue weighted by Crippen LogP contribution is 2.39. The van der Waals surface area contributed by atoms with Crippen molar-refractivity contribution in [2.45, 2.75) is 18.8 Å². The first-order chi connectivity index (χ1) is 6.34. The number of nitrogens with zero attached hydrogens (tertiary/aromatic N) is 4. The molecule has 0 spiro atoms. The molecular formula is C8H7ClN4. The Labute approximate surface area is 79.6 Å². The molecule has 13 heavy (non-hydrogen) atoms. The van der Waals surface area contributed by atoms with Crippen LogP contribution in [0.3, 0.4) is 0 Å². The molecule has 0 unspecified atom stereocenters. The molecule has 1 fully saturated rings. The fraction of sp³-hybridized carbons (Fsp3) is 0.375.